The third kappa shape index (κ3) is 4.70. The number of aryl methyl sites for hydroxylation is 1. The van der Waals surface area contributed by atoms with Gasteiger partial charge in [-0.15, -0.1) is 22.9 Å². The van der Waals surface area contributed by atoms with E-state index in [1.54, 1.807) is 6.07 Å². The second-order valence-electron chi connectivity index (χ2n) is 4.47. The molecule has 1 unspecified atom stereocenters. The fourth-order valence-corrected chi connectivity index (χ4v) is 5.65. The monoisotopic (exact) mass is 387 g/mol. The average Bonchev–Trinajstić information content (AvgIpc) is 2.70. The van der Waals surface area contributed by atoms with Crippen molar-refractivity contribution in [3.63, 3.8) is 0 Å². The standard InChI is InChI=1S/C12H19BrClNO2S2/c1-4-9(5-2)10(14)7-15-19(16,17)11-6-8(3)12(13)18-11/h6,9-10,15H,4-5,7H2,1-3H3. The molecule has 3 nitrogen and oxygen atoms in total. The predicted octanol–water partition coefficient (Wildman–Crippen LogP) is 4.14. The summed E-state index contributed by atoms with van der Waals surface area (Å²) in [4.78, 5) is 0. The van der Waals surface area contributed by atoms with E-state index in [1.165, 1.54) is 11.3 Å². The quantitative estimate of drug-likeness (QED) is 0.713. The molecule has 110 valence electrons. The summed E-state index contributed by atoms with van der Waals surface area (Å²) in [5.41, 5.74) is 0.924. The molecular weight excluding hydrogens is 370 g/mol. The zero-order valence-electron chi connectivity index (χ0n) is 11.2. The summed E-state index contributed by atoms with van der Waals surface area (Å²) in [7, 11) is -3.45. The summed E-state index contributed by atoms with van der Waals surface area (Å²) in [6.07, 6.45) is 1.91. The Labute approximate surface area is 132 Å². The molecule has 1 N–H and O–H groups in total. The molecule has 0 bridgehead atoms. The number of rotatable bonds is 7. The van der Waals surface area contributed by atoms with Gasteiger partial charge in [0.2, 0.25) is 10.0 Å². The topological polar surface area (TPSA) is 46.2 Å². The van der Waals surface area contributed by atoms with Crippen LogP contribution in [-0.4, -0.2) is 20.3 Å². The van der Waals surface area contributed by atoms with Crippen molar-refractivity contribution in [3.8, 4) is 0 Å². The normalized spacial score (nSPS) is 14.0. The smallest absolute Gasteiger partial charge is 0.209 e. The highest BCUT2D eigenvalue weighted by Gasteiger charge is 2.22. The molecule has 7 heteroatoms. The van der Waals surface area contributed by atoms with E-state index in [0.29, 0.717) is 10.1 Å². The molecule has 0 spiro atoms. The Morgan fingerprint density at radius 2 is 2.00 bits per heavy atom. The Hall–Kier alpha value is 0.380. The first kappa shape index (κ1) is 17.4. The molecule has 1 atom stereocenters. The van der Waals surface area contributed by atoms with Crippen LogP contribution in [0.1, 0.15) is 32.3 Å². The van der Waals surface area contributed by atoms with Crippen LogP contribution in [0.15, 0.2) is 14.1 Å². The molecule has 19 heavy (non-hydrogen) atoms. The fourth-order valence-electron chi connectivity index (χ4n) is 1.79. The third-order valence-electron chi connectivity index (χ3n) is 3.13. The summed E-state index contributed by atoms with van der Waals surface area (Å²) < 4.78 is 28.0. The van der Waals surface area contributed by atoms with Gasteiger partial charge in [0.25, 0.3) is 0 Å². The molecular formula is C12H19BrClNO2S2. The van der Waals surface area contributed by atoms with E-state index in [2.05, 4.69) is 34.5 Å². The lowest BCUT2D eigenvalue weighted by Gasteiger charge is -2.19. The second-order valence-corrected chi connectivity index (χ2v) is 9.39. The van der Waals surface area contributed by atoms with Crippen LogP contribution in [0.4, 0.5) is 0 Å². The number of sulfonamides is 1. The van der Waals surface area contributed by atoms with Crippen LogP contribution < -0.4 is 4.72 Å². The minimum atomic E-state index is -3.45. The van der Waals surface area contributed by atoms with Crippen molar-refractivity contribution in [3.05, 3.63) is 15.4 Å². The van der Waals surface area contributed by atoms with Gasteiger partial charge in [-0.25, -0.2) is 13.1 Å². The molecule has 0 saturated heterocycles. The van der Waals surface area contributed by atoms with Gasteiger partial charge in [-0.2, -0.15) is 0 Å². The molecule has 1 heterocycles. The second kappa shape index (κ2) is 7.41. The zero-order valence-corrected chi connectivity index (χ0v) is 15.2. The third-order valence-corrected chi connectivity index (χ3v) is 7.67. The maximum atomic E-state index is 12.1. The SMILES string of the molecule is CCC(CC)C(Cl)CNS(=O)(=O)c1cc(C)c(Br)s1. The Morgan fingerprint density at radius 1 is 1.42 bits per heavy atom. The van der Waals surface area contributed by atoms with Crippen molar-refractivity contribution in [2.75, 3.05) is 6.54 Å². The lowest BCUT2D eigenvalue weighted by molar-refractivity contribution is 0.460. The number of hydrogen-bond donors (Lipinski definition) is 1. The van der Waals surface area contributed by atoms with E-state index < -0.39 is 10.0 Å². The lowest BCUT2D eigenvalue weighted by atomic mass is 9.99. The van der Waals surface area contributed by atoms with E-state index >= 15 is 0 Å². The van der Waals surface area contributed by atoms with Gasteiger partial charge in [0.1, 0.15) is 4.21 Å². The van der Waals surface area contributed by atoms with E-state index in [1.807, 2.05) is 6.92 Å². The van der Waals surface area contributed by atoms with E-state index in [0.717, 1.165) is 22.2 Å². The summed E-state index contributed by atoms with van der Waals surface area (Å²) >= 11 is 10.8. The van der Waals surface area contributed by atoms with Crippen molar-refractivity contribution in [1.29, 1.82) is 0 Å². The first-order chi connectivity index (χ1) is 8.81. The Kier molecular flexibility index (Phi) is 6.79. The molecule has 1 aromatic rings. The van der Waals surface area contributed by atoms with Gasteiger partial charge in [-0.05, 0) is 40.4 Å². The zero-order chi connectivity index (χ0) is 14.6. The molecule has 0 aliphatic carbocycles. The van der Waals surface area contributed by atoms with Gasteiger partial charge in [-0.1, -0.05) is 26.7 Å². The predicted molar refractivity (Wildman–Crippen MR) is 85.7 cm³/mol. The van der Waals surface area contributed by atoms with Crippen LogP contribution in [0.5, 0.6) is 0 Å². The molecule has 0 saturated carbocycles. The van der Waals surface area contributed by atoms with Crippen molar-refractivity contribution >= 4 is 48.9 Å². The number of thiophene rings is 1. The lowest BCUT2D eigenvalue weighted by Crippen LogP contribution is -2.32. The highest BCUT2D eigenvalue weighted by atomic mass is 79.9. The summed E-state index contributed by atoms with van der Waals surface area (Å²) in [5, 5.41) is -0.172. The number of halogens is 2. The maximum absolute atomic E-state index is 12.1. The molecule has 0 aromatic carbocycles. The highest BCUT2D eigenvalue weighted by Crippen LogP contribution is 2.30. The van der Waals surface area contributed by atoms with E-state index in [-0.39, 0.29) is 11.9 Å². The number of alkyl halides is 1. The largest absolute Gasteiger partial charge is 0.250 e. The van der Waals surface area contributed by atoms with E-state index in [4.69, 9.17) is 11.6 Å². The van der Waals surface area contributed by atoms with Crippen LogP contribution in [0.3, 0.4) is 0 Å². The Morgan fingerprint density at radius 3 is 2.42 bits per heavy atom. The van der Waals surface area contributed by atoms with Crippen LogP contribution in [-0.2, 0) is 10.0 Å². The van der Waals surface area contributed by atoms with Crippen LogP contribution in [0, 0.1) is 12.8 Å². The Balaban J connectivity index is 2.71. The minimum absolute atomic E-state index is 0.172. The van der Waals surface area contributed by atoms with Gasteiger partial charge in [0, 0.05) is 11.9 Å². The Bertz CT molecular complexity index is 492. The summed E-state index contributed by atoms with van der Waals surface area (Å²) in [6, 6.07) is 1.66. The molecule has 0 fully saturated rings. The van der Waals surface area contributed by atoms with Crippen LogP contribution >= 0.6 is 38.9 Å². The maximum Gasteiger partial charge on any atom is 0.250 e. The fraction of sp³-hybridized carbons (Fsp3) is 0.667. The molecule has 0 aliphatic heterocycles. The van der Waals surface area contributed by atoms with Gasteiger partial charge in [0.15, 0.2) is 0 Å². The van der Waals surface area contributed by atoms with Crippen molar-refractivity contribution in [1.82, 2.24) is 4.72 Å². The van der Waals surface area contributed by atoms with Gasteiger partial charge in [-0.3, -0.25) is 0 Å². The molecule has 1 aromatic heterocycles. The number of nitrogens with one attached hydrogen (secondary N) is 1. The number of hydrogen-bond acceptors (Lipinski definition) is 3. The first-order valence-electron chi connectivity index (χ1n) is 6.21. The molecule has 1 rings (SSSR count). The molecule has 0 amide bonds. The van der Waals surface area contributed by atoms with Gasteiger partial charge in [0.05, 0.1) is 3.79 Å². The average molecular weight is 389 g/mol. The van der Waals surface area contributed by atoms with Crippen LogP contribution in [0.25, 0.3) is 0 Å². The van der Waals surface area contributed by atoms with Gasteiger partial charge < -0.3 is 0 Å². The summed E-state index contributed by atoms with van der Waals surface area (Å²) in [6.45, 7) is 6.27. The van der Waals surface area contributed by atoms with Crippen molar-refractivity contribution < 1.29 is 8.42 Å². The molecule has 0 aliphatic rings. The van der Waals surface area contributed by atoms with Crippen molar-refractivity contribution in [2.24, 2.45) is 5.92 Å². The minimum Gasteiger partial charge on any atom is -0.209 e. The van der Waals surface area contributed by atoms with Gasteiger partial charge >= 0.3 is 0 Å². The summed E-state index contributed by atoms with van der Waals surface area (Å²) in [5.74, 6) is 0.334. The highest BCUT2D eigenvalue weighted by molar-refractivity contribution is 9.11. The molecule has 0 radical (unpaired) electrons. The van der Waals surface area contributed by atoms with Crippen molar-refractivity contribution in [2.45, 2.75) is 43.2 Å². The van der Waals surface area contributed by atoms with E-state index in [9.17, 15) is 8.42 Å². The van der Waals surface area contributed by atoms with Crippen LogP contribution in [0.2, 0.25) is 0 Å². The first-order valence-corrected chi connectivity index (χ1v) is 9.74.